The van der Waals surface area contributed by atoms with E-state index in [4.69, 9.17) is 10.9 Å². The molecule has 15 heavy (non-hydrogen) atoms. The highest BCUT2D eigenvalue weighted by atomic mass is 19.4. The Hall–Kier alpha value is -0.980. The maximum absolute atomic E-state index is 12.5. The number of amidine groups is 1. The van der Waals surface area contributed by atoms with E-state index in [-0.39, 0.29) is 6.54 Å². The summed E-state index contributed by atoms with van der Waals surface area (Å²) in [6, 6.07) is 0. The van der Waals surface area contributed by atoms with Crippen molar-refractivity contribution < 1.29 is 18.4 Å². The van der Waals surface area contributed by atoms with Gasteiger partial charge in [0.05, 0.1) is 0 Å². The lowest BCUT2D eigenvalue weighted by Gasteiger charge is -2.25. The molecule has 0 aliphatic heterocycles. The van der Waals surface area contributed by atoms with Crippen LogP contribution in [0.1, 0.15) is 13.8 Å². The fourth-order valence-corrected chi connectivity index (χ4v) is 1.17. The summed E-state index contributed by atoms with van der Waals surface area (Å²) >= 11 is 0. The summed E-state index contributed by atoms with van der Waals surface area (Å²) in [6.45, 7) is 4.20. The summed E-state index contributed by atoms with van der Waals surface area (Å²) < 4.78 is 37.5. The molecule has 4 nitrogen and oxygen atoms in total. The van der Waals surface area contributed by atoms with E-state index in [1.54, 1.807) is 18.7 Å². The Balaban J connectivity index is 4.66. The predicted molar refractivity (Wildman–Crippen MR) is 50.7 cm³/mol. The summed E-state index contributed by atoms with van der Waals surface area (Å²) in [5.74, 6) is -2.71. The zero-order chi connectivity index (χ0) is 12.1. The van der Waals surface area contributed by atoms with E-state index < -0.39 is 17.9 Å². The summed E-state index contributed by atoms with van der Waals surface area (Å²) in [7, 11) is 0. The van der Waals surface area contributed by atoms with Crippen molar-refractivity contribution in [1.82, 2.24) is 4.90 Å². The third-order valence-electron chi connectivity index (χ3n) is 2.20. The zero-order valence-corrected chi connectivity index (χ0v) is 8.75. The van der Waals surface area contributed by atoms with Crippen molar-refractivity contribution >= 4 is 5.84 Å². The fourth-order valence-electron chi connectivity index (χ4n) is 1.17. The van der Waals surface area contributed by atoms with E-state index >= 15 is 0 Å². The Kier molecular flexibility index (Phi) is 5.41. The van der Waals surface area contributed by atoms with E-state index in [1.807, 2.05) is 0 Å². The van der Waals surface area contributed by atoms with Crippen LogP contribution in [0.15, 0.2) is 5.16 Å². The molecule has 0 bridgehead atoms. The standard InChI is InChI=1S/C8H16F3N3O/c1-3-14(4-2)5-6(7(12)13-15)8(9,10)11/h6,15H,3-5H2,1-2H3,(H2,12,13). The normalized spacial score (nSPS) is 15.7. The van der Waals surface area contributed by atoms with Crippen LogP contribution >= 0.6 is 0 Å². The molecule has 0 fully saturated rings. The Morgan fingerprint density at radius 2 is 1.87 bits per heavy atom. The quantitative estimate of drug-likeness (QED) is 0.321. The summed E-state index contributed by atoms with van der Waals surface area (Å²) in [6.07, 6.45) is -4.49. The molecule has 0 aromatic heterocycles. The molecule has 0 aromatic rings. The topological polar surface area (TPSA) is 61.8 Å². The Bertz CT molecular complexity index is 214. The van der Waals surface area contributed by atoms with Crippen LogP contribution in [0.25, 0.3) is 0 Å². The van der Waals surface area contributed by atoms with E-state index in [1.165, 1.54) is 0 Å². The van der Waals surface area contributed by atoms with Gasteiger partial charge in [-0.25, -0.2) is 0 Å². The lowest BCUT2D eigenvalue weighted by molar-refractivity contribution is -0.160. The Morgan fingerprint density at radius 1 is 1.40 bits per heavy atom. The van der Waals surface area contributed by atoms with E-state index in [0.717, 1.165) is 0 Å². The molecule has 1 atom stereocenters. The predicted octanol–water partition coefficient (Wildman–Crippen LogP) is 1.25. The largest absolute Gasteiger partial charge is 0.409 e. The van der Waals surface area contributed by atoms with Gasteiger partial charge in [-0.05, 0) is 13.1 Å². The molecule has 0 saturated heterocycles. The molecule has 0 rings (SSSR count). The summed E-state index contributed by atoms with van der Waals surface area (Å²) in [5.41, 5.74) is 5.01. The minimum absolute atomic E-state index is 0.285. The molecular formula is C8H16F3N3O. The van der Waals surface area contributed by atoms with Gasteiger partial charge in [0.15, 0.2) is 5.84 Å². The minimum atomic E-state index is -4.49. The van der Waals surface area contributed by atoms with E-state index in [2.05, 4.69) is 5.16 Å². The third kappa shape index (κ3) is 4.37. The van der Waals surface area contributed by atoms with Crippen LogP contribution in [0, 0.1) is 5.92 Å². The van der Waals surface area contributed by atoms with Gasteiger partial charge in [-0.1, -0.05) is 19.0 Å². The molecule has 0 radical (unpaired) electrons. The van der Waals surface area contributed by atoms with Crippen LogP contribution in [-0.4, -0.2) is 41.8 Å². The SMILES string of the molecule is CCN(CC)CC(C(N)=NO)C(F)(F)F. The van der Waals surface area contributed by atoms with Crippen molar-refractivity contribution in [2.45, 2.75) is 20.0 Å². The molecule has 0 amide bonds. The minimum Gasteiger partial charge on any atom is -0.409 e. The van der Waals surface area contributed by atoms with Gasteiger partial charge in [0.1, 0.15) is 5.92 Å². The molecule has 90 valence electrons. The molecule has 0 saturated carbocycles. The van der Waals surface area contributed by atoms with Crippen LogP contribution in [0.2, 0.25) is 0 Å². The zero-order valence-electron chi connectivity index (χ0n) is 8.75. The van der Waals surface area contributed by atoms with Gasteiger partial charge in [-0.3, -0.25) is 0 Å². The smallest absolute Gasteiger partial charge is 0.400 e. The molecule has 3 N–H and O–H groups in total. The average Bonchev–Trinajstić information content (AvgIpc) is 2.16. The van der Waals surface area contributed by atoms with Crippen molar-refractivity contribution in [1.29, 1.82) is 0 Å². The van der Waals surface area contributed by atoms with Crippen LogP contribution in [-0.2, 0) is 0 Å². The van der Waals surface area contributed by atoms with Gasteiger partial charge in [0, 0.05) is 6.54 Å². The van der Waals surface area contributed by atoms with Crippen LogP contribution < -0.4 is 5.73 Å². The Labute approximate surface area is 86.5 Å². The lowest BCUT2D eigenvalue weighted by Crippen LogP contribution is -2.44. The first-order valence-electron chi connectivity index (χ1n) is 4.63. The highest BCUT2D eigenvalue weighted by Crippen LogP contribution is 2.27. The average molecular weight is 227 g/mol. The second-order valence-corrected chi connectivity index (χ2v) is 3.10. The Morgan fingerprint density at radius 3 is 2.13 bits per heavy atom. The number of alkyl halides is 3. The van der Waals surface area contributed by atoms with Gasteiger partial charge >= 0.3 is 6.18 Å². The molecule has 0 spiro atoms. The van der Waals surface area contributed by atoms with Crippen LogP contribution in [0.3, 0.4) is 0 Å². The first-order chi connectivity index (χ1) is 6.86. The van der Waals surface area contributed by atoms with Crippen molar-refractivity contribution in [2.75, 3.05) is 19.6 Å². The molecule has 0 heterocycles. The van der Waals surface area contributed by atoms with Crippen LogP contribution in [0.5, 0.6) is 0 Å². The number of rotatable bonds is 5. The van der Waals surface area contributed by atoms with Crippen molar-refractivity contribution in [3.05, 3.63) is 0 Å². The molecule has 0 aromatic carbocycles. The maximum atomic E-state index is 12.5. The number of oxime groups is 1. The molecular weight excluding hydrogens is 211 g/mol. The van der Waals surface area contributed by atoms with Crippen LogP contribution in [0.4, 0.5) is 13.2 Å². The number of nitrogens with two attached hydrogens (primary N) is 1. The summed E-state index contributed by atoms with van der Waals surface area (Å²) in [5, 5.41) is 10.7. The van der Waals surface area contributed by atoms with Gasteiger partial charge in [0.25, 0.3) is 0 Å². The number of halogens is 3. The number of hydrogen-bond acceptors (Lipinski definition) is 3. The van der Waals surface area contributed by atoms with Gasteiger partial charge in [-0.15, -0.1) is 0 Å². The van der Waals surface area contributed by atoms with Gasteiger partial charge in [0.2, 0.25) is 0 Å². The third-order valence-corrected chi connectivity index (χ3v) is 2.20. The molecule has 0 aliphatic rings. The number of nitrogens with zero attached hydrogens (tertiary/aromatic N) is 2. The number of hydrogen-bond donors (Lipinski definition) is 2. The van der Waals surface area contributed by atoms with E-state index in [0.29, 0.717) is 13.1 Å². The maximum Gasteiger partial charge on any atom is 0.400 e. The molecule has 7 heteroatoms. The monoisotopic (exact) mass is 227 g/mol. The highest BCUT2D eigenvalue weighted by molar-refractivity contribution is 5.83. The van der Waals surface area contributed by atoms with E-state index in [9.17, 15) is 13.2 Å². The first-order valence-corrected chi connectivity index (χ1v) is 4.63. The lowest BCUT2D eigenvalue weighted by atomic mass is 10.1. The highest BCUT2D eigenvalue weighted by Gasteiger charge is 2.43. The van der Waals surface area contributed by atoms with Gasteiger partial charge in [-0.2, -0.15) is 13.2 Å². The van der Waals surface area contributed by atoms with Gasteiger partial charge < -0.3 is 15.8 Å². The molecule has 0 aliphatic carbocycles. The summed E-state index contributed by atoms with van der Waals surface area (Å²) in [4.78, 5) is 1.57. The molecule has 1 unspecified atom stereocenters. The van der Waals surface area contributed by atoms with Crippen molar-refractivity contribution in [3.8, 4) is 0 Å². The van der Waals surface area contributed by atoms with Crippen molar-refractivity contribution in [3.63, 3.8) is 0 Å². The second-order valence-electron chi connectivity index (χ2n) is 3.10. The fraction of sp³-hybridized carbons (Fsp3) is 0.875. The van der Waals surface area contributed by atoms with Crippen molar-refractivity contribution in [2.24, 2.45) is 16.8 Å². The first kappa shape index (κ1) is 14.0. The second kappa shape index (κ2) is 5.79.